The smallest absolute Gasteiger partial charge is 0.388 e. The summed E-state index contributed by atoms with van der Waals surface area (Å²) >= 11 is 0. The van der Waals surface area contributed by atoms with Crippen molar-refractivity contribution < 1.29 is 28.1 Å². The SMILES string of the molecule is Cc1nn2c(c1-c1nc3n(Cc4ccccc4)cccc-3c1-c1cn(C)nc1OC(F)F)OC[C@@H](OCCO)C2. The molecule has 3 aliphatic rings. The number of hydrogen-bond donors (Lipinski definition) is 1. The first-order chi connectivity index (χ1) is 19.4. The van der Waals surface area contributed by atoms with E-state index in [1.165, 1.54) is 4.68 Å². The number of aliphatic hydroxyl groups is 1. The van der Waals surface area contributed by atoms with Crippen LogP contribution < -0.4 is 9.47 Å². The van der Waals surface area contributed by atoms with Gasteiger partial charge in [-0.05, 0) is 24.6 Å². The van der Waals surface area contributed by atoms with Gasteiger partial charge in [0.25, 0.3) is 0 Å². The fourth-order valence-electron chi connectivity index (χ4n) is 5.17. The van der Waals surface area contributed by atoms with Gasteiger partial charge < -0.3 is 23.9 Å². The lowest BCUT2D eigenvalue weighted by atomic mass is 9.99. The van der Waals surface area contributed by atoms with Crippen LogP contribution in [0.5, 0.6) is 11.8 Å². The van der Waals surface area contributed by atoms with E-state index in [1.807, 2.05) is 60.2 Å². The minimum Gasteiger partial charge on any atom is -0.475 e. The van der Waals surface area contributed by atoms with Crippen LogP contribution in [0, 0.1) is 6.92 Å². The number of hydrogen-bond acceptors (Lipinski definition) is 7. The summed E-state index contributed by atoms with van der Waals surface area (Å²) in [5, 5.41) is 18.0. The first-order valence-corrected chi connectivity index (χ1v) is 12.9. The number of rotatable bonds is 9. The second-order valence-electron chi connectivity index (χ2n) is 9.57. The molecular weight excluding hydrogens is 522 g/mol. The number of halogens is 2. The highest BCUT2D eigenvalue weighted by Gasteiger charge is 2.34. The zero-order chi connectivity index (χ0) is 27.8. The lowest BCUT2D eigenvalue weighted by Gasteiger charge is -2.24. The highest BCUT2D eigenvalue weighted by molar-refractivity contribution is 5.97. The van der Waals surface area contributed by atoms with Crippen LogP contribution >= 0.6 is 0 Å². The van der Waals surface area contributed by atoms with E-state index >= 15 is 0 Å². The molecule has 6 rings (SSSR count). The molecular formula is C28H28F2N6O4. The van der Waals surface area contributed by atoms with Crippen LogP contribution in [-0.4, -0.2) is 66.8 Å². The monoisotopic (exact) mass is 550 g/mol. The highest BCUT2D eigenvalue weighted by atomic mass is 19.3. The predicted molar refractivity (Wildman–Crippen MR) is 142 cm³/mol. The van der Waals surface area contributed by atoms with Gasteiger partial charge in [-0.2, -0.15) is 13.9 Å². The molecule has 0 spiro atoms. The number of aliphatic hydroxyl groups excluding tert-OH is 1. The van der Waals surface area contributed by atoms with E-state index in [2.05, 4.69) is 10.2 Å². The van der Waals surface area contributed by atoms with Crippen molar-refractivity contribution in [2.24, 2.45) is 7.05 Å². The topological polar surface area (TPSA) is 101 Å². The third kappa shape index (κ3) is 4.80. The van der Waals surface area contributed by atoms with Crippen LogP contribution in [0.2, 0.25) is 0 Å². The second-order valence-corrected chi connectivity index (χ2v) is 9.57. The Morgan fingerprint density at radius 2 is 1.93 bits per heavy atom. The summed E-state index contributed by atoms with van der Waals surface area (Å²) in [6, 6.07) is 13.8. The molecule has 10 nitrogen and oxygen atoms in total. The number of ether oxygens (including phenoxy) is 3. The summed E-state index contributed by atoms with van der Waals surface area (Å²) in [7, 11) is 1.65. The van der Waals surface area contributed by atoms with Crippen LogP contribution in [0.1, 0.15) is 11.3 Å². The quantitative estimate of drug-likeness (QED) is 0.296. The van der Waals surface area contributed by atoms with Gasteiger partial charge in [-0.1, -0.05) is 30.3 Å². The maximum Gasteiger partial charge on any atom is 0.388 e. The molecule has 0 saturated heterocycles. The molecule has 0 unspecified atom stereocenters. The Labute approximate surface area is 228 Å². The molecule has 0 fully saturated rings. The van der Waals surface area contributed by atoms with Crippen molar-refractivity contribution in [3.05, 3.63) is 66.1 Å². The summed E-state index contributed by atoms with van der Waals surface area (Å²) in [4.78, 5) is 5.08. The third-order valence-corrected chi connectivity index (χ3v) is 6.77. The highest BCUT2D eigenvalue weighted by Crippen LogP contribution is 2.48. The summed E-state index contributed by atoms with van der Waals surface area (Å²) in [5.41, 5.74) is 4.68. The molecule has 0 aliphatic carbocycles. The van der Waals surface area contributed by atoms with Gasteiger partial charge in [0.15, 0.2) is 0 Å². The Morgan fingerprint density at radius 3 is 2.70 bits per heavy atom. The van der Waals surface area contributed by atoms with Gasteiger partial charge in [0.1, 0.15) is 18.5 Å². The van der Waals surface area contributed by atoms with Crippen molar-refractivity contribution in [2.45, 2.75) is 32.7 Å². The summed E-state index contributed by atoms with van der Waals surface area (Å²) in [6.07, 6.45) is 3.32. The lowest BCUT2D eigenvalue weighted by Crippen LogP contribution is -2.33. The molecule has 1 atom stereocenters. The molecule has 2 aromatic heterocycles. The fourth-order valence-corrected chi connectivity index (χ4v) is 5.17. The van der Waals surface area contributed by atoms with Crippen molar-refractivity contribution in [3.8, 4) is 45.5 Å². The molecule has 40 heavy (non-hydrogen) atoms. The first-order valence-electron chi connectivity index (χ1n) is 12.9. The van der Waals surface area contributed by atoms with Crippen molar-refractivity contribution in [3.63, 3.8) is 0 Å². The van der Waals surface area contributed by atoms with Crippen LogP contribution in [0.25, 0.3) is 33.8 Å². The average Bonchev–Trinajstić information content (AvgIpc) is 3.59. The van der Waals surface area contributed by atoms with Gasteiger partial charge in [0, 0.05) is 37.1 Å². The van der Waals surface area contributed by atoms with E-state index in [0.29, 0.717) is 52.9 Å². The summed E-state index contributed by atoms with van der Waals surface area (Å²) in [5.74, 6) is 0.992. The Bertz CT molecular complexity index is 1600. The minimum atomic E-state index is -3.04. The Hall–Kier alpha value is -4.29. The van der Waals surface area contributed by atoms with E-state index in [-0.39, 0.29) is 31.8 Å². The van der Waals surface area contributed by atoms with Gasteiger partial charge in [0.05, 0.1) is 42.3 Å². The predicted octanol–water partition coefficient (Wildman–Crippen LogP) is 3.98. The van der Waals surface area contributed by atoms with Gasteiger partial charge in [-0.25, -0.2) is 9.67 Å². The number of benzene rings is 1. The molecule has 0 amide bonds. The Kier molecular flexibility index (Phi) is 6.95. The normalized spacial score (nSPS) is 15.0. The number of pyridine rings is 1. The lowest BCUT2D eigenvalue weighted by molar-refractivity contribution is -0.0527. The van der Waals surface area contributed by atoms with Crippen LogP contribution in [0.15, 0.2) is 54.9 Å². The van der Waals surface area contributed by atoms with E-state index < -0.39 is 6.61 Å². The van der Waals surface area contributed by atoms with Crippen LogP contribution in [0.4, 0.5) is 8.78 Å². The van der Waals surface area contributed by atoms with Crippen molar-refractivity contribution in [1.82, 2.24) is 29.1 Å². The van der Waals surface area contributed by atoms with E-state index in [1.54, 1.807) is 17.9 Å². The first kappa shape index (κ1) is 26.0. The minimum absolute atomic E-state index is 0.0861. The van der Waals surface area contributed by atoms with Gasteiger partial charge >= 0.3 is 6.61 Å². The number of alkyl halides is 2. The standard InChI is InChI=1S/C28H28F2N6O4/c1-17-22(27-36(32-17)14-19(16-39-27)38-12-11-37)24-23(21-15-34(2)33-26(21)40-28(29)30)20-9-6-10-35(25(20)31-24)13-18-7-4-3-5-8-18/h3-10,15,19,28,37H,11-14,16H2,1-2H3/t19-/m0/s1. The van der Waals surface area contributed by atoms with Crippen LogP contribution in [0.3, 0.4) is 0 Å². The number of aromatic nitrogens is 6. The molecule has 3 aliphatic heterocycles. The molecule has 0 saturated carbocycles. The molecule has 1 N–H and O–H groups in total. The molecule has 0 bridgehead atoms. The molecule has 12 heteroatoms. The molecule has 208 valence electrons. The van der Waals surface area contributed by atoms with Gasteiger partial charge in [-0.3, -0.25) is 4.68 Å². The molecule has 3 aromatic rings. The molecule has 5 heterocycles. The van der Waals surface area contributed by atoms with Crippen LogP contribution in [-0.2, 0) is 24.9 Å². The zero-order valence-electron chi connectivity index (χ0n) is 22.0. The fraction of sp³-hybridized carbons (Fsp3) is 0.321. The second kappa shape index (κ2) is 10.7. The Balaban J connectivity index is 1.53. The van der Waals surface area contributed by atoms with Crippen molar-refractivity contribution in [2.75, 3.05) is 19.8 Å². The summed E-state index contributed by atoms with van der Waals surface area (Å²) < 4.78 is 48.6. The number of nitrogens with zero attached hydrogens (tertiary/aromatic N) is 6. The van der Waals surface area contributed by atoms with Crippen molar-refractivity contribution in [1.29, 1.82) is 0 Å². The molecule has 1 aromatic carbocycles. The largest absolute Gasteiger partial charge is 0.475 e. The number of fused-ring (bicyclic) bond motifs is 2. The van der Waals surface area contributed by atoms with Gasteiger partial charge in [0.2, 0.25) is 11.8 Å². The van der Waals surface area contributed by atoms with E-state index in [0.717, 1.165) is 11.1 Å². The van der Waals surface area contributed by atoms with E-state index in [4.69, 9.17) is 24.3 Å². The third-order valence-electron chi connectivity index (χ3n) is 6.77. The zero-order valence-corrected chi connectivity index (χ0v) is 22.0. The number of aryl methyl sites for hydroxylation is 2. The maximum atomic E-state index is 13.4. The summed E-state index contributed by atoms with van der Waals surface area (Å²) in [6.45, 7) is 0.199. The van der Waals surface area contributed by atoms with Crippen molar-refractivity contribution >= 4 is 0 Å². The maximum absolute atomic E-state index is 13.4. The average molecular weight is 551 g/mol. The molecule has 0 radical (unpaired) electrons. The van der Waals surface area contributed by atoms with Gasteiger partial charge in [-0.15, -0.1) is 5.10 Å². The van der Waals surface area contributed by atoms with E-state index in [9.17, 15) is 8.78 Å². The Morgan fingerprint density at radius 1 is 1.10 bits per heavy atom.